The molecule has 2 amide bonds. The fourth-order valence-corrected chi connectivity index (χ4v) is 6.25. The van der Waals surface area contributed by atoms with E-state index in [0.717, 1.165) is 22.0 Å². The highest BCUT2D eigenvalue weighted by Gasteiger charge is 2.34. The fourth-order valence-electron chi connectivity index (χ4n) is 4.52. The first-order valence-corrected chi connectivity index (χ1v) is 15.7. The second kappa shape index (κ2) is 14.5. The van der Waals surface area contributed by atoms with Gasteiger partial charge in [0.25, 0.3) is 10.0 Å². The third-order valence-corrected chi connectivity index (χ3v) is 9.02. The fraction of sp³-hybridized carbons (Fsp3) is 0.188. The molecule has 0 radical (unpaired) electrons. The molecule has 0 aliphatic rings. The van der Waals surface area contributed by atoms with Gasteiger partial charge in [-0.05, 0) is 60.5 Å². The first-order valence-electron chi connectivity index (χ1n) is 13.5. The van der Waals surface area contributed by atoms with Crippen molar-refractivity contribution in [3.8, 4) is 0 Å². The van der Waals surface area contributed by atoms with Gasteiger partial charge >= 0.3 is 0 Å². The van der Waals surface area contributed by atoms with E-state index in [4.69, 9.17) is 23.2 Å². The van der Waals surface area contributed by atoms with Gasteiger partial charge in [0.15, 0.2) is 0 Å². The van der Waals surface area contributed by atoms with Crippen LogP contribution in [-0.2, 0) is 32.6 Å². The van der Waals surface area contributed by atoms with Crippen LogP contribution in [0.5, 0.6) is 0 Å². The summed E-state index contributed by atoms with van der Waals surface area (Å²) in [4.78, 5) is 29.0. The van der Waals surface area contributed by atoms with Gasteiger partial charge in [0.05, 0.1) is 15.6 Å². The molecule has 0 unspecified atom stereocenters. The lowest BCUT2D eigenvalue weighted by Gasteiger charge is -2.34. The van der Waals surface area contributed by atoms with Gasteiger partial charge in [-0.1, -0.05) is 83.9 Å². The largest absolute Gasteiger partial charge is 0.355 e. The zero-order chi connectivity index (χ0) is 31.0. The van der Waals surface area contributed by atoms with Gasteiger partial charge in [-0.2, -0.15) is 0 Å². The number of rotatable bonds is 12. The van der Waals surface area contributed by atoms with Crippen molar-refractivity contribution in [3.63, 3.8) is 0 Å². The van der Waals surface area contributed by atoms with Crippen LogP contribution < -0.4 is 9.62 Å². The van der Waals surface area contributed by atoms with Crippen molar-refractivity contribution in [1.29, 1.82) is 0 Å². The van der Waals surface area contributed by atoms with Gasteiger partial charge in [-0.25, -0.2) is 12.8 Å². The molecule has 0 spiro atoms. The van der Waals surface area contributed by atoms with E-state index in [2.05, 4.69) is 5.32 Å². The maximum absolute atomic E-state index is 14.3. The standard InChI is InChI=1S/C32H30Cl2FN3O4S/c1-2-36-32(40)30(19-23-9-5-3-6-10-23)37(21-24-13-15-25(33)16-14-24)31(39)22-38(26-17-18-29(35)28(34)20-26)43(41,42)27-11-7-4-8-12-27/h3-18,20,30H,2,19,21-22H2,1H3,(H,36,40)/t30-/m1/s1. The number of carbonyl (C=O) groups excluding carboxylic acids is 2. The molecule has 4 rings (SSSR count). The summed E-state index contributed by atoms with van der Waals surface area (Å²) in [5, 5.41) is 3.00. The molecule has 0 aromatic heterocycles. The van der Waals surface area contributed by atoms with Gasteiger partial charge in [0.2, 0.25) is 11.8 Å². The first-order chi connectivity index (χ1) is 20.6. The molecule has 0 aliphatic carbocycles. The van der Waals surface area contributed by atoms with Crippen molar-refractivity contribution in [3.05, 3.63) is 130 Å². The topological polar surface area (TPSA) is 86.8 Å². The average Bonchev–Trinajstić information content (AvgIpc) is 3.01. The van der Waals surface area contributed by atoms with E-state index < -0.39 is 40.2 Å². The number of nitrogens with one attached hydrogen (secondary N) is 1. The average molecular weight is 643 g/mol. The summed E-state index contributed by atoms with van der Waals surface area (Å²) < 4.78 is 42.8. The Morgan fingerprint density at radius 1 is 0.860 bits per heavy atom. The molecule has 11 heteroatoms. The molecule has 0 heterocycles. The van der Waals surface area contributed by atoms with Gasteiger partial charge in [0.1, 0.15) is 18.4 Å². The summed E-state index contributed by atoms with van der Waals surface area (Å²) >= 11 is 12.1. The Morgan fingerprint density at radius 2 is 1.49 bits per heavy atom. The summed E-state index contributed by atoms with van der Waals surface area (Å²) in [6, 6.07) is 26.1. The normalized spacial score (nSPS) is 11.9. The lowest BCUT2D eigenvalue weighted by Crippen LogP contribution is -2.53. The number of amides is 2. The number of benzene rings is 4. The van der Waals surface area contributed by atoms with Crippen LogP contribution in [0, 0.1) is 5.82 Å². The predicted molar refractivity (Wildman–Crippen MR) is 167 cm³/mol. The van der Waals surface area contributed by atoms with E-state index in [1.807, 2.05) is 30.3 Å². The Balaban J connectivity index is 1.80. The van der Waals surface area contributed by atoms with E-state index >= 15 is 0 Å². The molecular weight excluding hydrogens is 612 g/mol. The molecule has 4 aromatic rings. The number of likely N-dealkylation sites (N-methyl/N-ethyl adjacent to an activating group) is 1. The van der Waals surface area contributed by atoms with Crippen LogP contribution >= 0.6 is 23.2 Å². The second-order valence-corrected chi connectivity index (χ2v) is 12.4. The van der Waals surface area contributed by atoms with Crippen LogP contribution in [0.25, 0.3) is 0 Å². The Hall–Kier alpha value is -3.92. The number of anilines is 1. The molecule has 0 saturated heterocycles. The lowest BCUT2D eigenvalue weighted by molar-refractivity contribution is -0.140. The Morgan fingerprint density at radius 3 is 2.09 bits per heavy atom. The van der Waals surface area contributed by atoms with Crippen LogP contribution in [-0.4, -0.2) is 44.3 Å². The van der Waals surface area contributed by atoms with Gasteiger partial charge < -0.3 is 10.2 Å². The summed E-state index contributed by atoms with van der Waals surface area (Å²) in [5.74, 6) is -1.78. The van der Waals surface area contributed by atoms with Gasteiger partial charge in [-0.15, -0.1) is 0 Å². The maximum atomic E-state index is 14.3. The molecule has 7 nitrogen and oxygen atoms in total. The predicted octanol–water partition coefficient (Wildman–Crippen LogP) is 6.10. The molecule has 4 aromatic carbocycles. The molecule has 1 N–H and O–H groups in total. The third kappa shape index (κ3) is 8.13. The number of halogens is 3. The number of carbonyl (C=O) groups is 2. The van der Waals surface area contributed by atoms with E-state index in [9.17, 15) is 22.4 Å². The first kappa shape index (κ1) is 32.0. The van der Waals surface area contributed by atoms with Crippen LogP contribution in [0.3, 0.4) is 0 Å². The Kier molecular flexibility index (Phi) is 10.8. The summed E-state index contributed by atoms with van der Waals surface area (Å²) in [7, 11) is -4.32. The monoisotopic (exact) mass is 641 g/mol. The van der Waals surface area contributed by atoms with Crippen molar-refractivity contribution in [2.45, 2.75) is 30.8 Å². The number of nitrogens with zero attached hydrogens (tertiary/aromatic N) is 2. The summed E-state index contributed by atoms with van der Waals surface area (Å²) in [5.41, 5.74) is 1.49. The molecule has 0 bridgehead atoms. The minimum absolute atomic E-state index is 0.00592. The van der Waals surface area contributed by atoms with Crippen molar-refractivity contribution in [2.24, 2.45) is 0 Å². The van der Waals surface area contributed by atoms with Crippen LogP contribution in [0.1, 0.15) is 18.1 Å². The van der Waals surface area contributed by atoms with Crippen molar-refractivity contribution in [1.82, 2.24) is 10.2 Å². The zero-order valence-corrected chi connectivity index (χ0v) is 25.6. The molecule has 0 aliphatic heterocycles. The molecular formula is C32H30Cl2FN3O4S. The van der Waals surface area contributed by atoms with E-state index in [1.54, 1.807) is 49.4 Å². The number of sulfonamides is 1. The van der Waals surface area contributed by atoms with Gasteiger partial charge in [-0.3, -0.25) is 13.9 Å². The second-order valence-electron chi connectivity index (χ2n) is 9.67. The highest BCUT2D eigenvalue weighted by atomic mass is 35.5. The summed E-state index contributed by atoms with van der Waals surface area (Å²) in [6.45, 7) is 1.41. The molecule has 224 valence electrons. The quantitative estimate of drug-likeness (QED) is 0.202. The number of hydrogen-bond acceptors (Lipinski definition) is 4. The molecule has 0 fully saturated rings. The molecule has 0 saturated carbocycles. The third-order valence-electron chi connectivity index (χ3n) is 6.69. The Labute approximate surface area is 260 Å². The number of hydrogen-bond donors (Lipinski definition) is 1. The van der Waals surface area contributed by atoms with Crippen molar-refractivity contribution >= 4 is 50.7 Å². The molecule has 1 atom stereocenters. The highest BCUT2D eigenvalue weighted by molar-refractivity contribution is 7.92. The summed E-state index contributed by atoms with van der Waals surface area (Å²) in [6.07, 6.45) is 0.180. The van der Waals surface area contributed by atoms with E-state index in [-0.39, 0.29) is 28.6 Å². The minimum atomic E-state index is -4.32. The van der Waals surface area contributed by atoms with E-state index in [1.165, 1.54) is 23.1 Å². The van der Waals surface area contributed by atoms with Crippen LogP contribution in [0.2, 0.25) is 10.0 Å². The zero-order valence-electron chi connectivity index (χ0n) is 23.3. The lowest BCUT2D eigenvalue weighted by atomic mass is 10.0. The van der Waals surface area contributed by atoms with Crippen LogP contribution in [0.15, 0.2) is 108 Å². The molecule has 43 heavy (non-hydrogen) atoms. The smallest absolute Gasteiger partial charge is 0.264 e. The van der Waals surface area contributed by atoms with Crippen molar-refractivity contribution in [2.75, 3.05) is 17.4 Å². The SMILES string of the molecule is CCNC(=O)[C@@H](Cc1ccccc1)N(Cc1ccc(Cl)cc1)C(=O)CN(c1ccc(F)c(Cl)c1)S(=O)(=O)c1ccccc1. The maximum Gasteiger partial charge on any atom is 0.264 e. The van der Waals surface area contributed by atoms with E-state index in [0.29, 0.717) is 17.1 Å². The van der Waals surface area contributed by atoms with Crippen LogP contribution in [0.4, 0.5) is 10.1 Å². The highest BCUT2D eigenvalue weighted by Crippen LogP contribution is 2.28. The van der Waals surface area contributed by atoms with Gasteiger partial charge in [0, 0.05) is 24.5 Å². The van der Waals surface area contributed by atoms with Crippen molar-refractivity contribution < 1.29 is 22.4 Å². The Bertz CT molecular complexity index is 1660. The minimum Gasteiger partial charge on any atom is -0.355 e.